The molecule has 0 unspecified atom stereocenters. The zero-order valence-electron chi connectivity index (χ0n) is 29.1. The molecule has 0 radical (unpaired) electrons. The van der Waals surface area contributed by atoms with Gasteiger partial charge in [0.25, 0.3) is 0 Å². The van der Waals surface area contributed by atoms with E-state index in [1.165, 1.54) is 27.8 Å². The van der Waals surface area contributed by atoms with E-state index >= 15 is 0 Å². The lowest BCUT2D eigenvalue weighted by atomic mass is 9.66. The lowest BCUT2D eigenvalue weighted by Gasteiger charge is -2.39. The lowest BCUT2D eigenvalue weighted by molar-refractivity contribution is 0.436. The number of ether oxygens (including phenoxy) is 1. The lowest BCUT2D eigenvalue weighted by Crippen LogP contribution is -2.32. The third-order valence-corrected chi connectivity index (χ3v) is 11.0. The molecule has 2 heterocycles. The van der Waals surface area contributed by atoms with Crippen LogP contribution in [0.5, 0.6) is 11.5 Å². The molecule has 4 nitrogen and oxygen atoms in total. The van der Waals surface area contributed by atoms with Crippen LogP contribution in [-0.2, 0) is 5.41 Å². The minimum absolute atomic E-state index is 0.533. The van der Waals surface area contributed by atoms with E-state index in [9.17, 15) is 0 Å². The Morgan fingerprint density at radius 1 is 0.315 bits per heavy atom. The number of benzene rings is 8. The van der Waals surface area contributed by atoms with Crippen molar-refractivity contribution in [2.75, 3.05) is 0 Å². The van der Waals surface area contributed by atoms with Gasteiger partial charge in [0.05, 0.1) is 5.41 Å². The molecule has 0 atom stereocenters. The van der Waals surface area contributed by atoms with Crippen LogP contribution in [0.3, 0.4) is 0 Å². The maximum absolute atomic E-state index is 6.53. The van der Waals surface area contributed by atoms with E-state index < -0.39 is 5.41 Å². The van der Waals surface area contributed by atoms with Gasteiger partial charge in [-0.2, -0.15) is 0 Å². The molecule has 1 spiro atoms. The molecular weight excluding hydrogens is 659 g/mol. The summed E-state index contributed by atoms with van der Waals surface area (Å²) in [6.45, 7) is 0. The number of fused-ring (bicyclic) bond motifs is 10. The standard InChI is InChI=1S/C50H31N3O/c1-3-15-32(16-4-1)35-28-29-39(37-20-8-7-19-36(35)37)49-52-47(33-17-5-2-6-18-33)51-48(53-49)34-27-30-42-40(31-34)38-21-9-10-22-41(38)50(42)43-23-11-13-25-45(43)54-46-26-14-12-24-44(46)50/h1-31H. The van der Waals surface area contributed by atoms with E-state index in [2.05, 4.69) is 158 Å². The summed E-state index contributed by atoms with van der Waals surface area (Å²) in [5.41, 5.74) is 11.8. The molecule has 0 amide bonds. The Balaban J connectivity index is 1.14. The summed E-state index contributed by atoms with van der Waals surface area (Å²) < 4.78 is 6.53. The summed E-state index contributed by atoms with van der Waals surface area (Å²) >= 11 is 0. The first kappa shape index (κ1) is 30.5. The minimum atomic E-state index is -0.533. The maximum atomic E-state index is 6.53. The smallest absolute Gasteiger partial charge is 0.164 e. The molecule has 0 bridgehead atoms. The molecule has 1 aliphatic carbocycles. The molecule has 54 heavy (non-hydrogen) atoms. The van der Waals surface area contributed by atoms with Crippen LogP contribution in [0.4, 0.5) is 0 Å². The van der Waals surface area contributed by atoms with E-state index in [-0.39, 0.29) is 0 Å². The van der Waals surface area contributed by atoms with Crippen LogP contribution in [0.25, 0.3) is 67.2 Å². The van der Waals surface area contributed by atoms with Gasteiger partial charge in [-0.1, -0.05) is 164 Å². The fraction of sp³-hybridized carbons (Fsp3) is 0.0200. The van der Waals surface area contributed by atoms with Gasteiger partial charge in [0.2, 0.25) is 0 Å². The summed E-state index contributed by atoms with van der Waals surface area (Å²) in [6.07, 6.45) is 0. The van der Waals surface area contributed by atoms with Gasteiger partial charge in [-0.15, -0.1) is 0 Å². The number of hydrogen-bond donors (Lipinski definition) is 0. The van der Waals surface area contributed by atoms with Crippen LogP contribution in [0.15, 0.2) is 188 Å². The third-order valence-electron chi connectivity index (χ3n) is 11.0. The Labute approximate surface area is 313 Å². The molecule has 0 saturated heterocycles. The van der Waals surface area contributed by atoms with Crippen molar-refractivity contribution in [3.8, 4) is 67.9 Å². The highest BCUT2D eigenvalue weighted by molar-refractivity contribution is 6.04. The molecular formula is C50H31N3O. The van der Waals surface area contributed by atoms with E-state index in [0.29, 0.717) is 17.5 Å². The Hall–Kier alpha value is -7.17. The zero-order valence-corrected chi connectivity index (χ0v) is 29.1. The van der Waals surface area contributed by atoms with Crippen LogP contribution in [0.2, 0.25) is 0 Å². The number of rotatable bonds is 4. The van der Waals surface area contributed by atoms with Crippen molar-refractivity contribution >= 4 is 10.8 Å². The van der Waals surface area contributed by atoms with Gasteiger partial charge in [0.1, 0.15) is 11.5 Å². The molecule has 2 aliphatic rings. The van der Waals surface area contributed by atoms with Gasteiger partial charge in [-0.25, -0.2) is 15.0 Å². The van der Waals surface area contributed by atoms with Gasteiger partial charge in [0, 0.05) is 27.8 Å². The van der Waals surface area contributed by atoms with E-state index in [4.69, 9.17) is 19.7 Å². The van der Waals surface area contributed by atoms with Crippen LogP contribution < -0.4 is 4.74 Å². The monoisotopic (exact) mass is 689 g/mol. The van der Waals surface area contributed by atoms with Crippen LogP contribution in [0.1, 0.15) is 22.3 Å². The average molecular weight is 690 g/mol. The normalized spacial score (nSPS) is 13.1. The largest absolute Gasteiger partial charge is 0.457 e. The highest BCUT2D eigenvalue weighted by Gasteiger charge is 2.51. The van der Waals surface area contributed by atoms with Crippen molar-refractivity contribution in [2.45, 2.75) is 5.41 Å². The zero-order chi connectivity index (χ0) is 35.6. The molecule has 0 fully saturated rings. The van der Waals surface area contributed by atoms with Gasteiger partial charge in [-0.3, -0.25) is 0 Å². The fourth-order valence-corrected chi connectivity index (χ4v) is 8.70. The molecule has 1 aliphatic heterocycles. The second kappa shape index (κ2) is 11.9. The van der Waals surface area contributed by atoms with Gasteiger partial charge >= 0.3 is 0 Å². The van der Waals surface area contributed by atoms with Crippen molar-refractivity contribution in [3.05, 3.63) is 210 Å². The molecule has 0 saturated carbocycles. The van der Waals surface area contributed by atoms with Gasteiger partial charge in [0.15, 0.2) is 17.5 Å². The number of aromatic nitrogens is 3. The van der Waals surface area contributed by atoms with E-state index in [1.807, 2.05) is 30.3 Å². The first-order chi connectivity index (χ1) is 26.8. The van der Waals surface area contributed by atoms with Crippen molar-refractivity contribution in [1.82, 2.24) is 15.0 Å². The molecule has 252 valence electrons. The van der Waals surface area contributed by atoms with Crippen molar-refractivity contribution in [1.29, 1.82) is 0 Å². The molecule has 9 aromatic rings. The highest BCUT2D eigenvalue weighted by Crippen LogP contribution is 2.62. The van der Waals surface area contributed by atoms with Crippen LogP contribution in [0, 0.1) is 0 Å². The molecule has 1 aromatic heterocycles. The van der Waals surface area contributed by atoms with Crippen LogP contribution in [-0.4, -0.2) is 15.0 Å². The average Bonchev–Trinajstić information content (AvgIpc) is 3.54. The molecule has 0 N–H and O–H groups in total. The summed E-state index contributed by atoms with van der Waals surface area (Å²) in [5.74, 6) is 3.66. The predicted molar refractivity (Wildman–Crippen MR) is 216 cm³/mol. The Morgan fingerprint density at radius 2 is 0.815 bits per heavy atom. The summed E-state index contributed by atoms with van der Waals surface area (Å²) in [6, 6.07) is 66.0. The summed E-state index contributed by atoms with van der Waals surface area (Å²) in [4.78, 5) is 15.6. The van der Waals surface area contributed by atoms with Crippen molar-refractivity contribution in [3.63, 3.8) is 0 Å². The van der Waals surface area contributed by atoms with Crippen molar-refractivity contribution < 1.29 is 4.74 Å². The number of para-hydroxylation sites is 2. The summed E-state index contributed by atoms with van der Waals surface area (Å²) in [5, 5.41) is 2.25. The number of nitrogens with zero attached hydrogens (tertiary/aromatic N) is 3. The summed E-state index contributed by atoms with van der Waals surface area (Å²) in [7, 11) is 0. The SMILES string of the molecule is c1ccc(-c2nc(-c3ccc4c(c3)-c3ccccc3C43c4ccccc4Oc4ccccc43)nc(-c3ccc(-c4ccccc4)c4ccccc34)n2)cc1. The highest BCUT2D eigenvalue weighted by atomic mass is 16.5. The van der Waals surface area contributed by atoms with Crippen molar-refractivity contribution in [2.24, 2.45) is 0 Å². The molecule has 4 heteroatoms. The third kappa shape index (κ3) is 4.47. The molecule has 11 rings (SSSR count). The first-order valence-electron chi connectivity index (χ1n) is 18.3. The van der Waals surface area contributed by atoms with Gasteiger partial charge in [-0.05, 0) is 68.4 Å². The first-order valence-corrected chi connectivity index (χ1v) is 18.3. The van der Waals surface area contributed by atoms with Gasteiger partial charge < -0.3 is 4.74 Å². The second-order valence-electron chi connectivity index (χ2n) is 13.9. The van der Waals surface area contributed by atoms with Crippen LogP contribution >= 0.6 is 0 Å². The quantitative estimate of drug-likeness (QED) is 0.185. The van der Waals surface area contributed by atoms with E-state index in [0.717, 1.165) is 55.7 Å². The minimum Gasteiger partial charge on any atom is -0.457 e. The Kier molecular flexibility index (Phi) is 6.73. The predicted octanol–water partition coefficient (Wildman–Crippen LogP) is 12.2. The maximum Gasteiger partial charge on any atom is 0.164 e. The Bertz CT molecular complexity index is 2870. The second-order valence-corrected chi connectivity index (χ2v) is 13.9. The Morgan fingerprint density at radius 3 is 1.52 bits per heavy atom. The van der Waals surface area contributed by atoms with E-state index in [1.54, 1.807) is 0 Å². The topological polar surface area (TPSA) is 47.9 Å². The fourth-order valence-electron chi connectivity index (χ4n) is 8.70. The molecule has 8 aromatic carbocycles. The number of hydrogen-bond acceptors (Lipinski definition) is 4.